The second kappa shape index (κ2) is 4.29. The predicted octanol–water partition coefficient (Wildman–Crippen LogP) is 3.89. The summed E-state index contributed by atoms with van der Waals surface area (Å²) in [5.41, 5.74) is 0.140. The summed E-state index contributed by atoms with van der Waals surface area (Å²) in [5.74, 6) is 0.0605. The normalized spacial score (nSPS) is 39.3. The van der Waals surface area contributed by atoms with Gasteiger partial charge in [-0.25, -0.2) is 4.85 Å². The molecule has 3 nitrogen and oxygen atoms in total. The summed E-state index contributed by atoms with van der Waals surface area (Å²) >= 11 is 0. The third kappa shape index (κ3) is 1.73. The molecule has 3 aliphatic rings. The van der Waals surface area contributed by atoms with Crippen molar-refractivity contribution in [3.05, 3.63) is 47.0 Å². The predicted molar refractivity (Wildman–Crippen MR) is 84.6 cm³/mol. The molecule has 0 bridgehead atoms. The van der Waals surface area contributed by atoms with Crippen LogP contribution in [0.4, 0.5) is 0 Å². The number of fused-ring (bicyclic) bond motifs is 3. The van der Waals surface area contributed by atoms with E-state index in [0.29, 0.717) is 0 Å². The van der Waals surface area contributed by atoms with Crippen molar-refractivity contribution < 1.29 is 9.59 Å². The maximum atomic E-state index is 12.6. The number of allylic oxidation sites excluding steroid dienone is 6. The molecule has 114 valence electrons. The van der Waals surface area contributed by atoms with Crippen LogP contribution in [0.15, 0.2) is 35.6 Å². The fourth-order valence-corrected chi connectivity index (χ4v) is 4.84. The van der Waals surface area contributed by atoms with Crippen LogP contribution in [0.2, 0.25) is 0 Å². The Bertz CT molecular complexity index is 716. The summed E-state index contributed by atoms with van der Waals surface area (Å²) in [4.78, 5) is 28.0. The molecule has 22 heavy (non-hydrogen) atoms. The van der Waals surface area contributed by atoms with Crippen LogP contribution in [0, 0.1) is 28.7 Å². The fraction of sp³-hybridized carbons (Fsp3) is 0.526. The summed E-state index contributed by atoms with van der Waals surface area (Å²) in [6.45, 7) is 15.5. The van der Waals surface area contributed by atoms with Gasteiger partial charge in [0, 0.05) is 16.2 Å². The molecular formula is C19H21NO2. The molecule has 0 aromatic rings. The first-order valence-electron chi connectivity index (χ1n) is 7.76. The van der Waals surface area contributed by atoms with Crippen LogP contribution in [0.3, 0.4) is 0 Å². The highest BCUT2D eigenvalue weighted by Gasteiger charge is 2.57. The highest BCUT2D eigenvalue weighted by atomic mass is 16.1. The number of carbonyl (C=O) groups is 2. The zero-order valence-corrected chi connectivity index (χ0v) is 13.6. The lowest BCUT2D eigenvalue weighted by atomic mass is 9.46. The first-order chi connectivity index (χ1) is 10.1. The molecule has 0 aromatic heterocycles. The lowest BCUT2D eigenvalue weighted by Gasteiger charge is -2.57. The number of hydrogen-bond donors (Lipinski definition) is 0. The van der Waals surface area contributed by atoms with Gasteiger partial charge in [0.2, 0.25) is 5.70 Å². The van der Waals surface area contributed by atoms with E-state index in [2.05, 4.69) is 18.7 Å². The Labute approximate surface area is 131 Å². The Morgan fingerprint density at radius 3 is 2.55 bits per heavy atom. The van der Waals surface area contributed by atoms with Crippen LogP contribution in [0.1, 0.15) is 40.5 Å². The molecule has 0 N–H and O–H groups in total. The maximum Gasteiger partial charge on any atom is 0.226 e. The molecule has 0 aromatic carbocycles. The monoisotopic (exact) mass is 295 g/mol. The SMILES string of the molecule is [C-]#[N+]C1=C[C@@]2(C)C3=CC(=O)C=C[C@@]3(C)CC[C@H]2C(C)(C)C1=O. The molecule has 0 amide bonds. The molecule has 0 unspecified atom stereocenters. The van der Waals surface area contributed by atoms with Gasteiger partial charge in [0.05, 0.1) is 6.57 Å². The summed E-state index contributed by atoms with van der Waals surface area (Å²) in [6, 6.07) is 0. The van der Waals surface area contributed by atoms with E-state index < -0.39 is 10.8 Å². The van der Waals surface area contributed by atoms with Gasteiger partial charge in [0.1, 0.15) is 0 Å². The van der Waals surface area contributed by atoms with E-state index >= 15 is 0 Å². The van der Waals surface area contributed by atoms with Gasteiger partial charge in [-0.05, 0) is 36.5 Å². The number of carbonyl (C=O) groups excluding carboxylic acids is 2. The summed E-state index contributed by atoms with van der Waals surface area (Å²) in [5, 5.41) is 0. The fourth-order valence-electron chi connectivity index (χ4n) is 4.84. The van der Waals surface area contributed by atoms with Crippen molar-refractivity contribution in [3.8, 4) is 0 Å². The minimum Gasteiger partial charge on any atom is -0.307 e. The molecule has 1 saturated carbocycles. The van der Waals surface area contributed by atoms with Gasteiger partial charge < -0.3 is 4.79 Å². The Hall–Kier alpha value is -1.95. The van der Waals surface area contributed by atoms with E-state index in [-0.39, 0.29) is 28.6 Å². The van der Waals surface area contributed by atoms with Crippen LogP contribution in [0.25, 0.3) is 4.85 Å². The van der Waals surface area contributed by atoms with E-state index in [4.69, 9.17) is 6.57 Å². The van der Waals surface area contributed by atoms with Crippen molar-refractivity contribution in [2.75, 3.05) is 0 Å². The molecule has 3 rings (SSSR count). The first kappa shape index (κ1) is 15.0. The third-order valence-corrected chi connectivity index (χ3v) is 6.02. The molecule has 0 saturated heterocycles. The Kier molecular flexibility index (Phi) is 2.92. The smallest absolute Gasteiger partial charge is 0.226 e. The van der Waals surface area contributed by atoms with Crippen molar-refractivity contribution in [1.82, 2.24) is 0 Å². The molecule has 3 aliphatic carbocycles. The summed E-state index contributed by atoms with van der Waals surface area (Å²) < 4.78 is 0. The second-order valence-corrected chi connectivity index (χ2v) is 7.78. The van der Waals surface area contributed by atoms with E-state index in [1.165, 1.54) is 0 Å². The maximum absolute atomic E-state index is 12.6. The van der Waals surface area contributed by atoms with Gasteiger partial charge in [-0.1, -0.05) is 39.8 Å². The number of Topliss-reactive ketones (excluding diaryl/α,β-unsaturated/α-hetero) is 1. The molecule has 0 heterocycles. The molecule has 0 aliphatic heterocycles. The average Bonchev–Trinajstić information content (AvgIpc) is 2.45. The van der Waals surface area contributed by atoms with Crippen molar-refractivity contribution in [2.45, 2.75) is 40.5 Å². The van der Waals surface area contributed by atoms with Crippen LogP contribution in [0.5, 0.6) is 0 Å². The van der Waals surface area contributed by atoms with Crippen LogP contribution < -0.4 is 0 Å². The highest BCUT2D eigenvalue weighted by molar-refractivity contribution is 6.04. The second-order valence-electron chi connectivity index (χ2n) is 7.78. The van der Waals surface area contributed by atoms with Crippen LogP contribution in [-0.2, 0) is 9.59 Å². The van der Waals surface area contributed by atoms with E-state index in [1.54, 1.807) is 12.2 Å². The number of nitrogens with zero attached hydrogens (tertiary/aromatic N) is 1. The average molecular weight is 295 g/mol. The molecular weight excluding hydrogens is 274 g/mol. The largest absolute Gasteiger partial charge is 0.307 e. The standard InChI is InChI=1S/C19H21NO2/c1-17(2)14-7-9-18(3)8-6-12(21)10-15(18)19(14,4)11-13(20-5)16(17)22/h6,8,10-11,14H,7,9H2,1-4H3/t14-,18-,19+/m0/s1. The van der Waals surface area contributed by atoms with Crippen molar-refractivity contribution in [3.63, 3.8) is 0 Å². The van der Waals surface area contributed by atoms with Gasteiger partial charge in [-0.15, -0.1) is 0 Å². The van der Waals surface area contributed by atoms with E-state index in [1.807, 2.05) is 26.0 Å². The zero-order valence-electron chi connectivity index (χ0n) is 13.6. The van der Waals surface area contributed by atoms with E-state index in [0.717, 1.165) is 18.4 Å². The minimum atomic E-state index is -0.574. The van der Waals surface area contributed by atoms with Gasteiger partial charge in [0.25, 0.3) is 0 Å². The molecule has 1 fully saturated rings. The van der Waals surface area contributed by atoms with Gasteiger partial charge in [-0.2, -0.15) is 0 Å². The Morgan fingerprint density at radius 1 is 1.23 bits per heavy atom. The lowest BCUT2D eigenvalue weighted by molar-refractivity contribution is -0.130. The zero-order chi connectivity index (χ0) is 16.3. The Balaban J connectivity index is 2.26. The molecule has 0 spiro atoms. The van der Waals surface area contributed by atoms with Crippen molar-refractivity contribution >= 4 is 11.6 Å². The number of ketones is 2. The molecule has 3 atom stereocenters. The van der Waals surface area contributed by atoms with E-state index in [9.17, 15) is 9.59 Å². The minimum absolute atomic E-state index is 0.00168. The Morgan fingerprint density at radius 2 is 1.91 bits per heavy atom. The quantitative estimate of drug-likeness (QED) is 0.636. The summed E-state index contributed by atoms with van der Waals surface area (Å²) in [6.07, 6.45) is 9.06. The molecule has 0 radical (unpaired) electrons. The van der Waals surface area contributed by atoms with Crippen molar-refractivity contribution in [2.24, 2.45) is 22.2 Å². The summed E-state index contributed by atoms with van der Waals surface area (Å²) in [7, 11) is 0. The van der Waals surface area contributed by atoms with Crippen LogP contribution in [-0.4, -0.2) is 11.6 Å². The van der Waals surface area contributed by atoms with Gasteiger partial charge in [0.15, 0.2) is 11.6 Å². The lowest BCUT2D eigenvalue weighted by Crippen LogP contribution is -2.52. The molecule has 3 heteroatoms. The topological polar surface area (TPSA) is 38.5 Å². The third-order valence-electron chi connectivity index (χ3n) is 6.02. The first-order valence-corrected chi connectivity index (χ1v) is 7.76. The highest BCUT2D eigenvalue weighted by Crippen LogP contribution is 2.63. The number of hydrogen-bond acceptors (Lipinski definition) is 2. The van der Waals surface area contributed by atoms with Crippen molar-refractivity contribution in [1.29, 1.82) is 0 Å². The van der Waals surface area contributed by atoms with Gasteiger partial charge in [-0.3, -0.25) is 4.79 Å². The van der Waals surface area contributed by atoms with Crippen LogP contribution >= 0.6 is 0 Å². The van der Waals surface area contributed by atoms with Gasteiger partial charge >= 0.3 is 0 Å². The number of rotatable bonds is 0.